The molecule has 0 aliphatic rings. The molecule has 2 aromatic carbocycles. The Morgan fingerprint density at radius 1 is 1.09 bits per heavy atom. The van der Waals surface area contributed by atoms with E-state index in [0.29, 0.717) is 34.4 Å². The van der Waals surface area contributed by atoms with E-state index in [2.05, 4.69) is 10.3 Å². The number of aromatic nitrogens is 1. The summed E-state index contributed by atoms with van der Waals surface area (Å²) >= 11 is 1.29. The van der Waals surface area contributed by atoms with Gasteiger partial charge in [0.15, 0.2) is 16.6 Å². The first-order chi connectivity index (χ1) is 15.8. The Hall–Kier alpha value is -2.95. The number of anilines is 1. The number of benzene rings is 2. The van der Waals surface area contributed by atoms with Gasteiger partial charge in [-0.3, -0.25) is 10.1 Å². The summed E-state index contributed by atoms with van der Waals surface area (Å²) in [6.07, 6.45) is 1.69. The summed E-state index contributed by atoms with van der Waals surface area (Å²) in [5, 5.41) is 5.02. The average Bonchev–Trinajstić information content (AvgIpc) is 3.30. The van der Waals surface area contributed by atoms with Crippen molar-refractivity contribution in [3.8, 4) is 22.8 Å². The van der Waals surface area contributed by atoms with E-state index in [0.717, 1.165) is 18.4 Å². The molecule has 0 saturated heterocycles. The van der Waals surface area contributed by atoms with E-state index in [4.69, 9.17) is 9.47 Å². The van der Waals surface area contributed by atoms with Crippen LogP contribution in [0.1, 0.15) is 30.1 Å². The molecule has 0 aliphatic carbocycles. The van der Waals surface area contributed by atoms with Crippen LogP contribution in [-0.4, -0.2) is 51.4 Å². The number of thiazole rings is 1. The van der Waals surface area contributed by atoms with Gasteiger partial charge in [-0.1, -0.05) is 13.3 Å². The van der Waals surface area contributed by atoms with Gasteiger partial charge in [-0.2, -0.15) is 0 Å². The Labute approximate surface area is 198 Å². The fourth-order valence-corrected chi connectivity index (χ4v) is 5.01. The second-order valence-corrected chi connectivity index (χ2v) is 10.2. The lowest BCUT2D eigenvalue weighted by molar-refractivity contribution is 0.102. The molecule has 0 bridgehead atoms. The van der Waals surface area contributed by atoms with Crippen LogP contribution in [0.2, 0.25) is 0 Å². The molecule has 33 heavy (non-hydrogen) atoms. The molecule has 0 saturated carbocycles. The van der Waals surface area contributed by atoms with Gasteiger partial charge in [0.2, 0.25) is 10.0 Å². The zero-order valence-electron chi connectivity index (χ0n) is 19.0. The highest BCUT2D eigenvalue weighted by molar-refractivity contribution is 7.89. The lowest BCUT2D eigenvalue weighted by atomic mass is 10.1. The van der Waals surface area contributed by atoms with Gasteiger partial charge in [-0.25, -0.2) is 17.7 Å². The van der Waals surface area contributed by atoms with Crippen LogP contribution in [0, 0.1) is 0 Å². The molecule has 0 spiro atoms. The largest absolute Gasteiger partial charge is 0.493 e. The van der Waals surface area contributed by atoms with Gasteiger partial charge >= 0.3 is 0 Å². The number of carbonyl (C=O) groups is 1. The number of unbranched alkanes of at least 4 members (excludes halogenated alkanes) is 1. The fourth-order valence-electron chi connectivity index (χ4n) is 3.09. The van der Waals surface area contributed by atoms with Crippen LogP contribution in [0.4, 0.5) is 5.13 Å². The lowest BCUT2D eigenvalue weighted by Gasteiger charge is -2.16. The van der Waals surface area contributed by atoms with Crippen molar-refractivity contribution < 1.29 is 22.7 Å². The first-order valence-corrected chi connectivity index (χ1v) is 12.7. The van der Waals surface area contributed by atoms with E-state index in [-0.39, 0.29) is 10.8 Å². The summed E-state index contributed by atoms with van der Waals surface area (Å²) in [7, 11) is 1.11. The van der Waals surface area contributed by atoms with Crippen molar-refractivity contribution in [2.24, 2.45) is 0 Å². The van der Waals surface area contributed by atoms with Gasteiger partial charge in [0, 0.05) is 30.1 Å². The normalized spacial score (nSPS) is 11.4. The molecule has 3 rings (SSSR count). The van der Waals surface area contributed by atoms with Crippen LogP contribution < -0.4 is 14.8 Å². The van der Waals surface area contributed by atoms with Gasteiger partial charge < -0.3 is 9.47 Å². The molecule has 1 heterocycles. The number of sulfonamides is 1. The second kappa shape index (κ2) is 10.8. The zero-order chi connectivity index (χ0) is 24.0. The van der Waals surface area contributed by atoms with E-state index in [1.807, 2.05) is 24.4 Å². The van der Waals surface area contributed by atoms with Gasteiger partial charge in [0.1, 0.15) is 0 Å². The summed E-state index contributed by atoms with van der Waals surface area (Å²) in [6.45, 7) is 2.46. The number of nitrogens with one attached hydrogen (secondary N) is 1. The van der Waals surface area contributed by atoms with Crippen LogP contribution >= 0.6 is 11.3 Å². The molecular weight excluding hydrogens is 462 g/mol. The summed E-state index contributed by atoms with van der Waals surface area (Å²) < 4.78 is 37.2. The molecule has 0 aliphatic heterocycles. The minimum atomic E-state index is -3.58. The Bertz CT molecular complexity index is 1210. The molecule has 176 valence electrons. The van der Waals surface area contributed by atoms with Crippen molar-refractivity contribution in [2.45, 2.75) is 24.7 Å². The number of methoxy groups -OCH3 is 2. The van der Waals surface area contributed by atoms with Crippen LogP contribution in [0.3, 0.4) is 0 Å². The maximum absolute atomic E-state index is 12.6. The first-order valence-electron chi connectivity index (χ1n) is 10.4. The van der Waals surface area contributed by atoms with Crippen molar-refractivity contribution in [1.82, 2.24) is 9.29 Å². The smallest absolute Gasteiger partial charge is 0.257 e. The second-order valence-electron chi connectivity index (χ2n) is 7.27. The van der Waals surface area contributed by atoms with E-state index in [1.165, 1.54) is 39.9 Å². The van der Waals surface area contributed by atoms with Crippen molar-refractivity contribution in [2.75, 3.05) is 33.1 Å². The number of carbonyl (C=O) groups excluding carboxylic acids is 1. The van der Waals surface area contributed by atoms with E-state index in [1.54, 1.807) is 27.3 Å². The molecule has 0 atom stereocenters. The summed E-state index contributed by atoms with van der Waals surface area (Å²) in [5.41, 5.74) is 1.85. The highest BCUT2D eigenvalue weighted by Gasteiger charge is 2.20. The van der Waals surface area contributed by atoms with Gasteiger partial charge in [0.25, 0.3) is 5.91 Å². The topological polar surface area (TPSA) is 97.8 Å². The van der Waals surface area contributed by atoms with Crippen LogP contribution in [0.15, 0.2) is 52.7 Å². The predicted octanol–water partition coefficient (Wildman–Crippen LogP) is 4.50. The van der Waals surface area contributed by atoms with Crippen LogP contribution in [0.25, 0.3) is 11.3 Å². The quantitative estimate of drug-likeness (QED) is 0.450. The Kier molecular flexibility index (Phi) is 8.06. The third-order valence-corrected chi connectivity index (χ3v) is 7.68. The third kappa shape index (κ3) is 5.70. The van der Waals surface area contributed by atoms with E-state index >= 15 is 0 Å². The molecule has 3 aromatic rings. The Balaban J connectivity index is 1.71. The van der Waals surface area contributed by atoms with Crippen molar-refractivity contribution in [1.29, 1.82) is 0 Å². The summed E-state index contributed by atoms with van der Waals surface area (Å²) in [5.74, 6) is 0.836. The molecule has 0 radical (unpaired) electrons. The van der Waals surface area contributed by atoms with Crippen molar-refractivity contribution in [3.63, 3.8) is 0 Å². The van der Waals surface area contributed by atoms with Gasteiger partial charge in [-0.15, -0.1) is 11.3 Å². The minimum Gasteiger partial charge on any atom is -0.493 e. The maximum Gasteiger partial charge on any atom is 0.257 e. The summed E-state index contributed by atoms with van der Waals surface area (Å²) in [4.78, 5) is 17.3. The lowest BCUT2D eigenvalue weighted by Crippen LogP contribution is -2.28. The number of rotatable bonds is 10. The fraction of sp³-hybridized carbons (Fsp3) is 0.304. The third-order valence-electron chi connectivity index (χ3n) is 5.06. The standard InChI is InChI=1S/C23H27N3O5S2/c1-5-6-13-26(2)33(28,29)18-10-7-16(8-11-18)22(27)25-23-24-19(15-32-23)17-9-12-20(30-3)21(14-17)31-4/h7-12,14-15H,5-6,13H2,1-4H3,(H,24,25,27). The van der Waals surface area contributed by atoms with Crippen LogP contribution in [-0.2, 0) is 10.0 Å². The number of hydrogen-bond acceptors (Lipinski definition) is 7. The first kappa shape index (κ1) is 24.7. The number of hydrogen-bond donors (Lipinski definition) is 1. The maximum atomic E-state index is 12.6. The highest BCUT2D eigenvalue weighted by atomic mass is 32.2. The molecule has 1 aromatic heterocycles. The zero-order valence-corrected chi connectivity index (χ0v) is 20.6. The SMILES string of the molecule is CCCCN(C)S(=O)(=O)c1ccc(C(=O)Nc2nc(-c3ccc(OC)c(OC)c3)cs2)cc1. The predicted molar refractivity (Wildman–Crippen MR) is 130 cm³/mol. The van der Waals surface area contributed by atoms with E-state index in [9.17, 15) is 13.2 Å². The van der Waals surface area contributed by atoms with Crippen molar-refractivity contribution >= 4 is 32.4 Å². The average molecular weight is 490 g/mol. The summed E-state index contributed by atoms with van der Waals surface area (Å²) in [6, 6.07) is 11.4. The monoisotopic (exact) mass is 489 g/mol. The van der Waals surface area contributed by atoms with Gasteiger partial charge in [-0.05, 0) is 48.9 Å². The number of ether oxygens (including phenoxy) is 2. The molecular formula is C23H27N3O5S2. The Morgan fingerprint density at radius 3 is 2.42 bits per heavy atom. The molecule has 0 fully saturated rings. The van der Waals surface area contributed by atoms with Gasteiger partial charge in [0.05, 0.1) is 24.8 Å². The number of amides is 1. The van der Waals surface area contributed by atoms with Crippen LogP contribution in [0.5, 0.6) is 11.5 Å². The van der Waals surface area contributed by atoms with E-state index < -0.39 is 10.0 Å². The molecule has 10 heteroatoms. The molecule has 0 unspecified atom stereocenters. The molecule has 8 nitrogen and oxygen atoms in total. The van der Waals surface area contributed by atoms with Crippen molar-refractivity contribution in [3.05, 3.63) is 53.4 Å². The number of nitrogens with zero attached hydrogens (tertiary/aromatic N) is 2. The molecule has 1 N–H and O–H groups in total. The highest BCUT2D eigenvalue weighted by Crippen LogP contribution is 2.33. The Morgan fingerprint density at radius 2 is 1.79 bits per heavy atom. The molecule has 1 amide bonds. The minimum absolute atomic E-state index is 0.155.